The molecule has 0 radical (unpaired) electrons. The van der Waals surface area contributed by atoms with Gasteiger partial charge in [-0.05, 0) is 29.6 Å². The second-order valence-electron chi connectivity index (χ2n) is 3.30. The first-order valence-corrected chi connectivity index (χ1v) is 5.93. The lowest BCUT2D eigenvalue weighted by molar-refractivity contribution is 0.0990. The number of hydrogen-bond donors (Lipinski definition) is 0. The highest BCUT2D eigenvalue weighted by molar-refractivity contribution is 7.10. The number of hydrogen-bond acceptors (Lipinski definition) is 2. The molecule has 0 aliphatic rings. The Morgan fingerprint density at radius 2 is 2.19 bits per heavy atom. The minimum atomic E-state index is -0.561. The lowest BCUT2D eigenvalue weighted by Gasteiger charge is -2.01. The molecule has 0 fully saturated rings. The fourth-order valence-electron chi connectivity index (χ4n) is 1.38. The summed E-state index contributed by atoms with van der Waals surface area (Å²) in [6.07, 6.45) is 0.232. The Bertz CT molecular complexity index is 508. The SMILES string of the molecule is O=C(Cc1cccs1)c1ccc(Cl)cc1F. The molecule has 2 aromatic rings. The van der Waals surface area contributed by atoms with E-state index in [9.17, 15) is 9.18 Å². The van der Waals surface area contributed by atoms with Crippen molar-refractivity contribution in [2.75, 3.05) is 0 Å². The Balaban J connectivity index is 2.21. The predicted molar refractivity (Wildman–Crippen MR) is 63.8 cm³/mol. The fourth-order valence-corrected chi connectivity index (χ4v) is 2.24. The standard InChI is InChI=1S/C12H8ClFOS/c13-8-3-4-10(11(14)6-8)12(15)7-9-2-1-5-16-9/h1-6H,7H2. The Morgan fingerprint density at radius 1 is 1.38 bits per heavy atom. The number of benzene rings is 1. The van der Waals surface area contributed by atoms with Crippen LogP contribution in [0.1, 0.15) is 15.2 Å². The summed E-state index contributed by atoms with van der Waals surface area (Å²) in [4.78, 5) is 12.7. The number of halogens is 2. The number of Topliss-reactive ketones (excluding diaryl/α,β-unsaturated/α-hetero) is 1. The van der Waals surface area contributed by atoms with Crippen LogP contribution in [0, 0.1) is 5.82 Å². The molecule has 0 spiro atoms. The lowest BCUT2D eigenvalue weighted by Crippen LogP contribution is -2.04. The first-order valence-electron chi connectivity index (χ1n) is 4.67. The van der Waals surface area contributed by atoms with Gasteiger partial charge in [-0.3, -0.25) is 4.79 Å². The molecule has 1 aromatic heterocycles. The van der Waals surface area contributed by atoms with Crippen molar-refractivity contribution in [1.82, 2.24) is 0 Å². The number of rotatable bonds is 3. The summed E-state index contributed by atoms with van der Waals surface area (Å²) >= 11 is 7.10. The molecule has 0 saturated carbocycles. The van der Waals surface area contributed by atoms with Gasteiger partial charge in [0.1, 0.15) is 5.82 Å². The van der Waals surface area contributed by atoms with Gasteiger partial charge in [0.2, 0.25) is 0 Å². The molecule has 16 heavy (non-hydrogen) atoms. The van der Waals surface area contributed by atoms with Crippen LogP contribution in [0.15, 0.2) is 35.7 Å². The van der Waals surface area contributed by atoms with Crippen LogP contribution in [-0.4, -0.2) is 5.78 Å². The fraction of sp³-hybridized carbons (Fsp3) is 0.0833. The number of carbonyl (C=O) groups is 1. The molecule has 1 heterocycles. The lowest BCUT2D eigenvalue weighted by atomic mass is 10.1. The topological polar surface area (TPSA) is 17.1 Å². The van der Waals surface area contributed by atoms with Gasteiger partial charge in [0, 0.05) is 16.3 Å². The van der Waals surface area contributed by atoms with Gasteiger partial charge >= 0.3 is 0 Å². The van der Waals surface area contributed by atoms with Crippen LogP contribution in [0.25, 0.3) is 0 Å². The van der Waals surface area contributed by atoms with Crippen molar-refractivity contribution in [3.63, 3.8) is 0 Å². The third-order valence-electron chi connectivity index (χ3n) is 2.15. The summed E-state index contributed by atoms with van der Waals surface area (Å²) in [6, 6.07) is 7.82. The van der Waals surface area contributed by atoms with E-state index in [4.69, 9.17) is 11.6 Å². The summed E-state index contributed by atoms with van der Waals surface area (Å²) in [5.74, 6) is -0.786. The van der Waals surface area contributed by atoms with E-state index in [1.54, 1.807) is 0 Å². The molecule has 0 aliphatic heterocycles. The zero-order valence-corrected chi connectivity index (χ0v) is 9.82. The molecule has 0 saturated heterocycles. The minimum absolute atomic E-state index is 0.0952. The maximum absolute atomic E-state index is 13.4. The first kappa shape index (κ1) is 11.3. The highest BCUT2D eigenvalue weighted by atomic mass is 35.5. The maximum atomic E-state index is 13.4. The van der Waals surface area contributed by atoms with Gasteiger partial charge in [0.15, 0.2) is 5.78 Å². The average molecular weight is 255 g/mol. The second-order valence-corrected chi connectivity index (χ2v) is 4.77. The van der Waals surface area contributed by atoms with Gasteiger partial charge in [0.05, 0.1) is 5.56 Å². The average Bonchev–Trinajstić information content (AvgIpc) is 2.70. The zero-order valence-electron chi connectivity index (χ0n) is 8.24. The normalized spacial score (nSPS) is 10.4. The monoisotopic (exact) mass is 254 g/mol. The van der Waals surface area contributed by atoms with Crippen molar-refractivity contribution in [1.29, 1.82) is 0 Å². The van der Waals surface area contributed by atoms with E-state index in [1.165, 1.54) is 23.5 Å². The van der Waals surface area contributed by atoms with Crippen LogP contribution in [0.4, 0.5) is 4.39 Å². The van der Waals surface area contributed by atoms with Crippen molar-refractivity contribution >= 4 is 28.7 Å². The van der Waals surface area contributed by atoms with Crippen molar-refractivity contribution in [2.45, 2.75) is 6.42 Å². The van der Waals surface area contributed by atoms with Gasteiger partial charge in [-0.25, -0.2) is 4.39 Å². The van der Waals surface area contributed by atoms with Crippen molar-refractivity contribution in [3.8, 4) is 0 Å². The Kier molecular flexibility index (Phi) is 3.36. The third-order valence-corrected chi connectivity index (χ3v) is 3.26. The van der Waals surface area contributed by atoms with Crippen molar-refractivity contribution < 1.29 is 9.18 Å². The van der Waals surface area contributed by atoms with E-state index >= 15 is 0 Å². The Labute approximate surface area is 101 Å². The molecule has 0 N–H and O–H groups in total. The molecule has 1 nitrogen and oxygen atoms in total. The molecule has 0 atom stereocenters. The van der Waals surface area contributed by atoms with E-state index < -0.39 is 5.82 Å². The molecular weight excluding hydrogens is 247 g/mol. The third kappa shape index (κ3) is 2.49. The smallest absolute Gasteiger partial charge is 0.170 e. The van der Waals surface area contributed by atoms with Gasteiger partial charge in [-0.2, -0.15) is 0 Å². The van der Waals surface area contributed by atoms with E-state index in [1.807, 2.05) is 17.5 Å². The summed E-state index contributed by atoms with van der Waals surface area (Å²) in [6.45, 7) is 0. The number of ketones is 1. The number of carbonyl (C=O) groups excluding carboxylic acids is 1. The van der Waals surface area contributed by atoms with Crippen LogP contribution in [-0.2, 0) is 6.42 Å². The molecule has 82 valence electrons. The Morgan fingerprint density at radius 3 is 2.81 bits per heavy atom. The van der Waals surface area contributed by atoms with E-state index in [0.717, 1.165) is 10.9 Å². The molecular formula is C12H8ClFOS. The first-order chi connectivity index (χ1) is 7.66. The van der Waals surface area contributed by atoms with Gasteiger partial charge in [0.25, 0.3) is 0 Å². The highest BCUT2D eigenvalue weighted by Gasteiger charge is 2.12. The molecule has 2 rings (SSSR count). The summed E-state index contributed by atoms with van der Waals surface area (Å²) in [7, 11) is 0. The van der Waals surface area contributed by atoms with Gasteiger partial charge in [-0.1, -0.05) is 17.7 Å². The quantitative estimate of drug-likeness (QED) is 0.758. The van der Waals surface area contributed by atoms with Crippen LogP contribution in [0.3, 0.4) is 0 Å². The van der Waals surface area contributed by atoms with Gasteiger partial charge in [-0.15, -0.1) is 11.3 Å². The highest BCUT2D eigenvalue weighted by Crippen LogP contribution is 2.18. The van der Waals surface area contributed by atoms with Crippen LogP contribution >= 0.6 is 22.9 Å². The predicted octanol–water partition coefficient (Wildman–Crippen LogP) is 3.97. The zero-order chi connectivity index (χ0) is 11.5. The molecule has 0 aliphatic carbocycles. The number of thiophene rings is 1. The van der Waals surface area contributed by atoms with Crippen molar-refractivity contribution in [3.05, 3.63) is 57.0 Å². The largest absolute Gasteiger partial charge is 0.294 e. The van der Waals surface area contributed by atoms with Gasteiger partial charge < -0.3 is 0 Å². The minimum Gasteiger partial charge on any atom is -0.294 e. The van der Waals surface area contributed by atoms with E-state index in [0.29, 0.717) is 5.02 Å². The molecule has 0 amide bonds. The van der Waals surface area contributed by atoms with E-state index in [-0.39, 0.29) is 17.8 Å². The molecule has 0 bridgehead atoms. The molecule has 0 unspecified atom stereocenters. The Hall–Kier alpha value is -1.19. The maximum Gasteiger partial charge on any atom is 0.170 e. The van der Waals surface area contributed by atoms with Crippen molar-refractivity contribution in [2.24, 2.45) is 0 Å². The molecule has 1 aromatic carbocycles. The second kappa shape index (κ2) is 4.76. The summed E-state index contributed by atoms with van der Waals surface area (Å²) in [5, 5.41) is 2.19. The van der Waals surface area contributed by atoms with Crippen LogP contribution in [0.2, 0.25) is 5.02 Å². The molecule has 4 heteroatoms. The van der Waals surface area contributed by atoms with Crippen LogP contribution in [0.5, 0.6) is 0 Å². The summed E-state index contributed by atoms with van der Waals surface area (Å²) in [5.41, 5.74) is 0.0952. The van der Waals surface area contributed by atoms with E-state index in [2.05, 4.69) is 0 Å². The van der Waals surface area contributed by atoms with Crippen LogP contribution < -0.4 is 0 Å². The summed E-state index contributed by atoms with van der Waals surface area (Å²) < 4.78 is 13.4.